The predicted octanol–water partition coefficient (Wildman–Crippen LogP) is 3.60. The number of rotatable bonds is 9. The molecule has 0 fully saturated rings. The average molecular weight is 252 g/mol. The summed E-state index contributed by atoms with van der Waals surface area (Å²) in [5, 5.41) is 8.69. The predicted molar refractivity (Wildman–Crippen MR) is 75.0 cm³/mol. The van der Waals surface area contributed by atoms with Crippen molar-refractivity contribution in [3.8, 4) is 6.07 Å². The van der Waals surface area contributed by atoms with Crippen molar-refractivity contribution < 1.29 is 4.79 Å². The summed E-state index contributed by atoms with van der Waals surface area (Å²) < 4.78 is 0. The third-order valence-electron chi connectivity index (χ3n) is 3.01. The first kappa shape index (κ1) is 17.0. The van der Waals surface area contributed by atoms with E-state index in [0.29, 0.717) is 18.9 Å². The summed E-state index contributed by atoms with van der Waals surface area (Å²) in [5.41, 5.74) is 0. The molecule has 1 amide bonds. The summed E-state index contributed by atoms with van der Waals surface area (Å²) in [4.78, 5) is 14.4. The second kappa shape index (κ2) is 9.94. The molecule has 3 nitrogen and oxygen atoms in total. The van der Waals surface area contributed by atoms with Gasteiger partial charge in [0, 0.05) is 19.0 Å². The molecule has 0 saturated heterocycles. The Morgan fingerprint density at radius 2 is 1.78 bits per heavy atom. The molecule has 0 radical (unpaired) electrons. The first-order valence-corrected chi connectivity index (χ1v) is 7.22. The van der Waals surface area contributed by atoms with Crippen LogP contribution < -0.4 is 0 Å². The highest BCUT2D eigenvalue weighted by molar-refractivity contribution is 5.78. The Balaban J connectivity index is 4.61. The van der Waals surface area contributed by atoms with E-state index in [0.717, 1.165) is 32.2 Å². The fourth-order valence-corrected chi connectivity index (χ4v) is 2.26. The zero-order valence-corrected chi connectivity index (χ0v) is 12.4. The van der Waals surface area contributed by atoms with Gasteiger partial charge in [-0.1, -0.05) is 40.5 Å². The lowest BCUT2D eigenvalue weighted by molar-refractivity contribution is -0.136. The lowest BCUT2D eigenvalue weighted by Gasteiger charge is -2.28. The van der Waals surface area contributed by atoms with Gasteiger partial charge < -0.3 is 4.90 Å². The summed E-state index contributed by atoms with van der Waals surface area (Å²) in [7, 11) is 0. The molecule has 104 valence electrons. The van der Waals surface area contributed by atoms with Crippen LogP contribution in [0.5, 0.6) is 0 Å². The first-order chi connectivity index (χ1) is 8.56. The second-order valence-electron chi connectivity index (χ2n) is 5.36. The average Bonchev–Trinajstić information content (AvgIpc) is 2.33. The smallest absolute Gasteiger partial charge is 0.225 e. The molecule has 0 saturated carbocycles. The third kappa shape index (κ3) is 6.64. The largest absolute Gasteiger partial charge is 0.341 e. The van der Waals surface area contributed by atoms with E-state index in [2.05, 4.69) is 33.8 Å². The van der Waals surface area contributed by atoms with Gasteiger partial charge in [0.1, 0.15) is 0 Å². The number of carbonyl (C=O) groups is 1. The molecule has 0 heterocycles. The molecule has 0 aromatic heterocycles. The summed E-state index contributed by atoms with van der Waals surface area (Å²) >= 11 is 0. The molecule has 18 heavy (non-hydrogen) atoms. The molecule has 0 atom stereocenters. The van der Waals surface area contributed by atoms with E-state index in [9.17, 15) is 4.79 Å². The van der Waals surface area contributed by atoms with Crippen LogP contribution >= 0.6 is 0 Å². The fourth-order valence-electron chi connectivity index (χ4n) is 2.26. The highest BCUT2D eigenvalue weighted by Crippen LogP contribution is 2.18. The highest BCUT2D eigenvalue weighted by atomic mass is 16.2. The second-order valence-corrected chi connectivity index (χ2v) is 5.36. The van der Waals surface area contributed by atoms with Crippen LogP contribution in [0.1, 0.15) is 59.8 Å². The van der Waals surface area contributed by atoms with E-state index < -0.39 is 0 Å². The van der Waals surface area contributed by atoms with E-state index in [4.69, 9.17) is 5.26 Å². The Morgan fingerprint density at radius 1 is 1.22 bits per heavy atom. The molecule has 0 unspecified atom stereocenters. The van der Waals surface area contributed by atoms with Crippen molar-refractivity contribution in [2.45, 2.75) is 59.8 Å². The van der Waals surface area contributed by atoms with Crippen molar-refractivity contribution >= 4 is 5.91 Å². The number of nitriles is 1. The SMILES string of the molecule is CCCC(CCC)C(=O)N(CCC#N)CC(C)C. The minimum atomic E-state index is 0.150. The zero-order chi connectivity index (χ0) is 14.0. The van der Waals surface area contributed by atoms with Gasteiger partial charge in [-0.3, -0.25) is 4.79 Å². The molecule has 0 aromatic rings. The van der Waals surface area contributed by atoms with Crippen molar-refractivity contribution in [3.05, 3.63) is 0 Å². The third-order valence-corrected chi connectivity index (χ3v) is 3.01. The van der Waals surface area contributed by atoms with Gasteiger partial charge in [-0.2, -0.15) is 5.26 Å². The maximum Gasteiger partial charge on any atom is 0.225 e. The summed E-state index contributed by atoms with van der Waals surface area (Å²) in [5.74, 6) is 0.858. The van der Waals surface area contributed by atoms with E-state index in [1.807, 2.05) is 4.90 Å². The Morgan fingerprint density at radius 3 is 2.17 bits per heavy atom. The van der Waals surface area contributed by atoms with Gasteiger partial charge in [0.25, 0.3) is 0 Å². The van der Waals surface area contributed by atoms with Crippen LogP contribution in [0.4, 0.5) is 0 Å². The minimum Gasteiger partial charge on any atom is -0.341 e. The standard InChI is InChI=1S/C15H28N2O/c1-5-8-14(9-6-2)15(18)17(11-7-10-16)12-13(3)4/h13-14H,5-9,11-12H2,1-4H3. The van der Waals surface area contributed by atoms with Crippen molar-refractivity contribution in [2.24, 2.45) is 11.8 Å². The number of hydrogen-bond donors (Lipinski definition) is 0. The van der Waals surface area contributed by atoms with Gasteiger partial charge in [0.2, 0.25) is 5.91 Å². The lowest BCUT2D eigenvalue weighted by atomic mass is 9.96. The van der Waals surface area contributed by atoms with E-state index in [1.165, 1.54) is 0 Å². The normalized spacial score (nSPS) is 10.7. The quantitative estimate of drug-likeness (QED) is 0.629. The molecular weight excluding hydrogens is 224 g/mol. The Bertz CT molecular complexity index is 262. The zero-order valence-electron chi connectivity index (χ0n) is 12.4. The minimum absolute atomic E-state index is 0.150. The molecule has 0 spiro atoms. The maximum absolute atomic E-state index is 12.5. The highest BCUT2D eigenvalue weighted by Gasteiger charge is 2.23. The molecule has 0 N–H and O–H groups in total. The van der Waals surface area contributed by atoms with Gasteiger partial charge in [-0.05, 0) is 18.8 Å². The summed E-state index contributed by atoms with van der Waals surface area (Å²) in [6.45, 7) is 9.82. The fraction of sp³-hybridized carbons (Fsp3) is 0.867. The van der Waals surface area contributed by atoms with Crippen molar-refractivity contribution in [3.63, 3.8) is 0 Å². The summed E-state index contributed by atoms with van der Waals surface area (Å²) in [6.07, 6.45) is 4.46. The van der Waals surface area contributed by atoms with Gasteiger partial charge in [-0.15, -0.1) is 0 Å². The monoisotopic (exact) mass is 252 g/mol. The van der Waals surface area contributed by atoms with Crippen LogP contribution in [0.15, 0.2) is 0 Å². The van der Waals surface area contributed by atoms with E-state index in [-0.39, 0.29) is 11.8 Å². The van der Waals surface area contributed by atoms with Crippen LogP contribution in [-0.4, -0.2) is 23.9 Å². The van der Waals surface area contributed by atoms with Gasteiger partial charge >= 0.3 is 0 Å². The topological polar surface area (TPSA) is 44.1 Å². The van der Waals surface area contributed by atoms with E-state index >= 15 is 0 Å². The van der Waals surface area contributed by atoms with Gasteiger partial charge in [0.05, 0.1) is 12.5 Å². The molecule has 0 aliphatic rings. The molecule has 0 aromatic carbocycles. The Kier molecular flexibility index (Phi) is 9.36. The Hall–Kier alpha value is -1.04. The molecule has 0 rings (SSSR count). The van der Waals surface area contributed by atoms with Crippen LogP contribution in [0.3, 0.4) is 0 Å². The van der Waals surface area contributed by atoms with Crippen LogP contribution in [0.25, 0.3) is 0 Å². The van der Waals surface area contributed by atoms with Crippen molar-refractivity contribution in [1.82, 2.24) is 4.90 Å². The number of nitrogens with zero attached hydrogens (tertiary/aromatic N) is 2. The molecule has 0 aliphatic heterocycles. The number of carbonyl (C=O) groups excluding carboxylic acids is 1. The molecule has 0 aliphatic carbocycles. The van der Waals surface area contributed by atoms with Gasteiger partial charge in [0.15, 0.2) is 0 Å². The summed E-state index contributed by atoms with van der Waals surface area (Å²) in [6, 6.07) is 2.14. The molecule has 3 heteroatoms. The molecule has 0 bridgehead atoms. The van der Waals surface area contributed by atoms with E-state index in [1.54, 1.807) is 0 Å². The lowest BCUT2D eigenvalue weighted by Crippen LogP contribution is -2.39. The van der Waals surface area contributed by atoms with Crippen LogP contribution in [0, 0.1) is 23.2 Å². The van der Waals surface area contributed by atoms with Crippen molar-refractivity contribution in [2.75, 3.05) is 13.1 Å². The maximum atomic E-state index is 12.5. The Labute approximate surface area is 112 Å². The number of hydrogen-bond acceptors (Lipinski definition) is 2. The van der Waals surface area contributed by atoms with Gasteiger partial charge in [-0.25, -0.2) is 0 Å². The number of amides is 1. The van der Waals surface area contributed by atoms with Crippen LogP contribution in [0.2, 0.25) is 0 Å². The van der Waals surface area contributed by atoms with Crippen LogP contribution in [-0.2, 0) is 4.79 Å². The molecular formula is C15H28N2O. The first-order valence-electron chi connectivity index (χ1n) is 7.22. The van der Waals surface area contributed by atoms with Crippen molar-refractivity contribution in [1.29, 1.82) is 5.26 Å².